The summed E-state index contributed by atoms with van der Waals surface area (Å²) in [5.41, 5.74) is 10.5. The van der Waals surface area contributed by atoms with Crippen LogP contribution in [0.25, 0.3) is 0 Å². The second kappa shape index (κ2) is 5.97. The van der Waals surface area contributed by atoms with Gasteiger partial charge in [-0.3, -0.25) is 4.79 Å². The number of hydrazone groups is 1. The number of nitrogens with zero attached hydrogens (tertiary/aromatic N) is 1. The molecule has 0 heterocycles. The molecule has 0 saturated carbocycles. The van der Waals surface area contributed by atoms with Crippen LogP contribution in [0.1, 0.15) is 22.8 Å². The van der Waals surface area contributed by atoms with Crippen LogP contribution in [0.2, 0.25) is 0 Å². The summed E-state index contributed by atoms with van der Waals surface area (Å²) in [6.07, 6.45) is 0. The molecule has 0 atom stereocenters. The van der Waals surface area contributed by atoms with Gasteiger partial charge in [-0.05, 0) is 48.9 Å². The number of nitrogens with one attached hydrogen (secondary N) is 1. The lowest BCUT2D eigenvalue weighted by Gasteiger charge is -2.04. The van der Waals surface area contributed by atoms with E-state index >= 15 is 0 Å². The van der Waals surface area contributed by atoms with Crippen molar-refractivity contribution in [1.29, 1.82) is 0 Å². The van der Waals surface area contributed by atoms with E-state index in [0.29, 0.717) is 17.0 Å². The molecule has 0 saturated heterocycles. The Balaban J connectivity index is 2.08. The van der Waals surface area contributed by atoms with Crippen LogP contribution < -0.4 is 11.2 Å². The summed E-state index contributed by atoms with van der Waals surface area (Å²) in [5, 5.41) is 4.00. The molecule has 2 aromatic carbocycles. The summed E-state index contributed by atoms with van der Waals surface area (Å²) in [6.45, 7) is 1.76. The summed E-state index contributed by atoms with van der Waals surface area (Å²) >= 11 is 0. The average molecular weight is 271 g/mol. The summed E-state index contributed by atoms with van der Waals surface area (Å²) in [5.74, 6) is -0.783. The third-order valence-corrected chi connectivity index (χ3v) is 2.74. The molecule has 102 valence electrons. The summed E-state index contributed by atoms with van der Waals surface area (Å²) in [4.78, 5) is 11.8. The molecule has 0 bridgehead atoms. The quantitative estimate of drug-likeness (QED) is 0.512. The summed E-state index contributed by atoms with van der Waals surface area (Å²) < 4.78 is 12.8. The first-order valence-corrected chi connectivity index (χ1v) is 6.02. The number of hydrogen-bond donors (Lipinski definition) is 2. The van der Waals surface area contributed by atoms with Crippen LogP contribution in [0.5, 0.6) is 0 Å². The van der Waals surface area contributed by atoms with Crippen LogP contribution in [-0.4, -0.2) is 11.6 Å². The Hall–Kier alpha value is -2.69. The van der Waals surface area contributed by atoms with Crippen LogP contribution >= 0.6 is 0 Å². The van der Waals surface area contributed by atoms with Gasteiger partial charge in [0.15, 0.2) is 0 Å². The molecule has 0 aliphatic carbocycles. The van der Waals surface area contributed by atoms with E-state index in [1.807, 2.05) is 12.1 Å². The van der Waals surface area contributed by atoms with E-state index in [1.54, 1.807) is 19.1 Å². The van der Waals surface area contributed by atoms with Gasteiger partial charge in [-0.15, -0.1) is 0 Å². The molecular weight excluding hydrogens is 257 g/mol. The Kier molecular flexibility index (Phi) is 4.10. The van der Waals surface area contributed by atoms with Gasteiger partial charge in [0.25, 0.3) is 5.91 Å². The molecule has 0 spiro atoms. The van der Waals surface area contributed by atoms with Gasteiger partial charge in [0.2, 0.25) is 0 Å². The zero-order valence-corrected chi connectivity index (χ0v) is 10.9. The molecule has 20 heavy (non-hydrogen) atoms. The monoisotopic (exact) mass is 271 g/mol. The zero-order valence-electron chi connectivity index (χ0n) is 10.9. The van der Waals surface area contributed by atoms with E-state index in [1.165, 1.54) is 24.3 Å². The fourth-order valence-corrected chi connectivity index (χ4v) is 1.63. The van der Waals surface area contributed by atoms with Crippen molar-refractivity contribution in [2.24, 2.45) is 5.10 Å². The zero-order chi connectivity index (χ0) is 14.5. The summed E-state index contributed by atoms with van der Waals surface area (Å²) in [6, 6.07) is 12.4. The van der Waals surface area contributed by atoms with Crippen LogP contribution in [0, 0.1) is 5.82 Å². The predicted octanol–water partition coefficient (Wildman–Crippen LogP) is 2.56. The number of amides is 1. The van der Waals surface area contributed by atoms with Gasteiger partial charge >= 0.3 is 0 Å². The maximum absolute atomic E-state index is 12.8. The first-order chi connectivity index (χ1) is 9.56. The molecule has 5 heteroatoms. The minimum atomic E-state index is -0.395. The molecule has 0 aromatic heterocycles. The van der Waals surface area contributed by atoms with Crippen molar-refractivity contribution in [3.63, 3.8) is 0 Å². The Labute approximate surface area is 116 Å². The topological polar surface area (TPSA) is 67.5 Å². The van der Waals surface area contributed by atoms with Crippen LogP contribution in [0.15, 0.2) is 53.6 Å². The molecular formula is C15H14FN3O. The Morgan fingerprint density at radius 3 is 2.50 bits per heavy atom. The highest BCUT2D eigenvalue weighted by atomic mass is 19.1. The molecule has 0 radical (unpaired) electrons. The lowest BCUT2D eigenvalue weighted by molar-refractivity contribution is 0.0955. The Morgan fingerprint density at radius 2 is 1.85 bits per heavy atom. The van der Waals surface area contributed by atoms with Gasteiger partial charge in [-0.2, -0.15) is 5.10 Å². The molecule has 3 N–H and O–H groups in total. The van der Waals surface area contributed by atoms with Crippen LogP contribution in [0.3, 0.4) is 0 Å². The van der Waals surface area contributed by atoms with E-state index in [-0.39, 0.29) is 5.82 Å². The van der Waals surface area contributed by atoms with E-state index in [9.17, 15) is 9.18 Å². The molecule has 0 unspecified atom stereocenters. The minimum absolute atomic E-state index is 0.343. The van der Waals surface area contributed by atoms with Crippen molar-refractivity contribution in [2.75, 3.05) is 5.73 Å². The number of carbonyl (C=O) groups is 1. The van der Waals surface area contributed by atoms with E-state index in [2.05, 4.69) is 10.5 Å². The van der Waals surface area contributed by atoms with E-state index in [4.69, 9.17) is 5.73 Å². The molecule has 2 rings (SSSR count). The first-order valence-electron chi connectivity index (χ1n) is 6.02. The normalized spacial score (nSPS) is 11.2. The van der Waals surface area contributed by atoms with Gasteiger partial charge in [0.1, 0.15) is 5.82 Å². The third kappa shape index (κ3) is 3.41. The number of benzene rings is 2. The van der Waals surface area contributed by atoms with Crippen molar-refractivity contribution in [3.05, 3.63) is 65.5 Å². The lowest BCUT2D eigenvalue weighted by atomic mass is 10.1. The van der Waals surface area contributed by atoms with Crippen molar-refractivity contribution in [1.82, 2.24) is 5.43 Å². The standard InChI is InChI=1S/C15H14FN3O/c1-10(12-3-2-4-14(17)9-12)18-19-15(20)11-5-7-13(16)8-6-11/h2-9H,17H2,1H3,(H,19,20). The second-order valence-corrected chi connectivity index (χ2v) is 4.27. The van der Waals surface area contributed by atoms with Crippen molar-refractivity contribution in [3.8, 4) is 0 Å². The number of nitrogen functional groups attached to an aromatic ring is 1. The van der Waals surface area contributed by atoms with Gasteiger partial charge in [0, 0.05) is 11.3 Å². The maximum atomic E-state index is 12.8. The Bertz CT molecular complexity index is 650. The lowest BCUT2D eigenvalue weighted by Crippen LogP contribution is -2.19. The Morgan fingerprint density at radius 1 is 1.15 bits per heavy atom. The minimum Gasteiger partial charge on any atom is -0.399 e. The summed E-state index contributed by atoms with van der Waals surface area (Å²) in [7, 11) is 0. The molecule has 0 aliphatic heterocycles. The molecule has 1 amide bonds. The number of carbonyl (C=O) groups excluding carboxylic acids is 1. The highest BCUT2D eigenvalue weighted by molar-refractivity contribution is 6.01. The number of halogens is 1. The van der Waals surface area contributed by atoms with Gasteiger partial charge in [-0.1, -0.05) is 12.1 Å². The number of rotatable bonds is 3. The highest BCUT2D eigenvalue weighted by Crippen LogP contribution is 2.08. The van der Waals surface area contributed by atoms with Crippen molar-refractivity contribution >= 4 is 17.3 Å². The van der Waals surface area contributed by atoms with Gasteiger partial charge < -0.3 is 5.73 Å². The number of nitrogens with two attached hydrogens (primary N) is 1. The largest absolute Gasteiger partial charge is 0.399 e. The van der Waals surface area contributed by atoms with E-state index < -0.39 is 5.91 Å². The fourth-order valence-electron chi connectivity index (χ4n) is 1.63. The third-order valence-electron chi connectivity index (χ3n) is 2.74. The number of hydrogen-bond acceptors (Lipinski definition) is 3. The highest BCUT2D eigenvalue weighted by Gasteiger charge is 2.05. The van der Waals surface area contributed by atoms with Crippen LogP contribution in [0.4, 0.5) is 10.1 Å². The SMILES string of the molecule is CC(=NNC(=O)c1ccc(F)cc1)c1cccc(N)c1. The van der Waals surface area contributed by atoms with Gasteiger partial charge in [0.05, 0.1) is 5.71 Å². The predicted molar refractivity (Wildman–Crippen MR) is 76.9 cm³/mol. The molecule has 0 aliphatic rings. The van der Waals surface area contributed by atoms with E-state index in [0.717, 1.165) is 5.56 Å². The average Bonchev–Trinajstić information content (AvgIpc) is 2.45. The first kappa shape index (κ1) is 13.7. The molecule has 4 nitrogen and oxygen atoms in total. The van der Waals surface area contributed by atoms with Gasteiger partial charge in [-0.25, -0.2) is 9.82 Å². The molecule has 0 fully saturated rings. The fraction of sp³-hybridized carbons (Fsp3) is 0.0667. The second-order valence-electron chi connectivity index (χ2n) is 4.27. The smallest absolute Gasteiger partial charge is 0.271 e. The van der Waals surface area contributed by atoms with Crippen LogP contribution in [-0.2, 0) is 0 Å². The maximum Gasteiger partial charge on any atom is 0.271 e. The molecule has 2 aromatic rings. The number of anilines is 1. The van der Waals surface area contributed by atoms with Crippen molar-refractivity contribution < 1.29 is 9.18 Å². The van der Waals surface area contributed by atoms with Crippen molar-refractivity contribution in [2.45, 2.75) is 6.92 Å².